The summed E-state index contributed by atoms with van der Waals surface area (Å²) in [4.78, 5) is 14.1. The highest BCUT2D eigenvalue weighted by Gasteiger charge is 2.15. The van der Waals surface area contributed by atoms with Crippen LogP contribution in [0.15, 0.2) is 48.5 Å². The smallest absolute Gasteiger partial charge is 0.319 e. The Morgan fingerprint density at radius 2 is 1.69 bits per heavy atom. The maximum absolute atomic E-state index is 13.1. The maximum Gasteiger partial charge on any atom is 0.319 e. The van der Waals surface area contributed by atoms with Gasteiger partial charge in [-0.15, -0.1) is 0 Å². The summed E-state index contributed by atoms with van der Waals surface area (Å²) in [6.45, 7) is 4.32. The fraction of sp³-hybridized carbons (Fsp3) is 0.350. The molecule has 0 aliphatic carbocycles. The molecule has 5 nitrogen and oxygen atoms in total. The van der Waals surface area contributed by atoms with Crippen LogP contribution in [0.1, 0.15) is 25.5 Å². The van der Waals surface area contributed by atoms with E-state index in [1.807, 2.05) is 45.0 Å². The van der Waals surface area contributed by atoms with Gasteiger partial charge in [0.1, 0.15) is 11.6 Å². The van der Waals surface area contributed by atoms with E-state index in [1.165, 1.54) is 12.1 Å². The lowest BCUT2D eigenvalue weighted by Crippen LogP contribution is -2.36. The van der Waals surface area contributed by atoms with Crippen molar-refractivity contribution in [1.82, 2.24) is 10.2 Å². The van der Waals surface area contributed by atoms with Crippen molar-refractivity contribution in [1.29, 1.82) is 0 Å². The molecule has 0 bridgehead atoms. The molecule has 1 atom stereocenters. The first-order valence-electron chi connectivity index (χ1n) is 8.58. The highest BCUT2D eigenvalue weighted by molar-refractivity contribution is 5.89. The van der Waals surface area contributed by atoms with Gasteiger partial charge in [0.2, 0.25) is 0 Å². The van der Waals surface area contributed by atoms with E-state index in [0.29, 0.717) is 12.2 Å². The Bertz CT molecular complexity index is 700. The zero-order valence-electron chi connectivity index (χ0n) is 15.6. The largest absolute Gasteiger partial charge is 0.491 e. The van der Waals surface area contributed by atoms with E-state index < -0.39 is 0 Å². The summed E-state index contributed by atoms with van der Waals surface area (Å²) in [6, 6.07) is 13.2. The van der Waals surface area contributed by atoms with Gasteiger partial charge >= 0.3 is 6.03 Å². The average Bonchev–Trinajstić information content (AvgIpc) is 2.57. The van der Waals surface area contributed by atoms with Crippen LogP contribution in [-0.2, 0) is 0 Å². The highest BCUT2D eigenvalue weighted by Crippen LogP contribution is 2.19. The number of nitrogens with one attached hydrogen (secondary N) is 2. The molecular formula is C20H26FN3O2. The normalized spacial score (nSPS) is 12.1. The Labute approximate surface area is 154 Å². The number of ether oxygens (including phenoxy) is 1. The van der Waals surface area contributed by atoms with Gasteiger partial charge in [-0.05, 0) is 69.9 Å². The summed E-state index contributed by atoms with van der Waals surface area (Å²) in [5.74, 6) is 0.483. The van der Waals surface area contributed by atoms with Crippen molar-refractivity contribution in [3.05, 3.63) is 59.9 Å². The van der Waals surface area contributed by atoms with E-state index in [-0.39, 0.29) is 24.0 Å². The Morgan fingerprint density at radius 3 is 2.23 bits per heavy atom. The first kappa shape index (κ1) is 19.7. The molecule has 0 aliphatic heterocycles. The molecule has 2 rings (SSSR count). The number of hydrogen-bond donors (Lipinski definition) is 2. The average molecular weight is 359 g/mol. The van der Waals surface area contributed by atoms with Crippen LogP contribution in [0, 0.1) is 5.82 Å². The van der Waals surface area contributed by atoms with Crippen molar-refractivity contribution in [2.45, 2.75) is 26.0 Å². The van der Waals surface area contributed by atoms with E-state index in [4.69, 9.17) is 4.74 Å². The second-order valence-electron chi connectivity index (χ2n) is 6.56. The zero-order valence-corrected chi connectivity index (χ0v) is 15.6. The standard InChI is InChI=1S/C20H26FN3O2/c1-14(2)26-18-11-9-17(10-12-18)23-20(25)22-13-19(24(3)4)15-5-7-16(21)8-6-15/h5-12,14,19H,13H2,1-4H3,(H2,22,23,25). The zero-order chi connectivity index (χ0) is 19.1. The van der Waals surface area contributed by atoms with Crippen LogP contribution in [0.5, 0.6) is 5.75 Å². The third kappa shape index (κ3) is 6.04. The van der Waals surface area contributed by atoms with Gasteiger partial charge in [0.25, 0.3) is 0 Å². The van der Waals surface area contributed by atoms with Crippen LogP contribution in [0.3, 0.4) is 0 Å². The van der Waals surface area contributed by atoms with E-state index >= 15 is 0 Å². The number of carbonyl (C=O) groups is 1. The molecular weight excluding hydrogens is 333 g/mol. The molecule has 140 valence electrons. The van der Waals surface area contributed by atoms with Gasteiger partial charge in [0.15, 0.2) is 0 Å². The highest BCUT2D eigenvalue weighted by atomic mass is 19.1. The first-order valence-corrected chi connectivity index (χ1v) is 8.58. The monoisotopic (exact) mass is 359 g/mol. The second-order valence-corrected chi connectivity index (χ2v) is 6.56. The quantitative estimate of drug-likeness (QED) is 0.784. The fourth-order valence-corrected chi connectivity index (χ4v) is 2.54. The van der Waals surface area contributed by atoms with Crippen molar-refractivity contribution in [2.24, 2.45) is 0 Å². The summed E-state index contributed by atoms with van der Waals surface area (Å²) in [5, 5.41) is 5.65. The molecule has 0 saturated heterocycles. The van der Waals surface area contributed by atoms with Crippen molar-refractivity contribution in [3.8, 4) is 5.75 Å². The van der Waals surface area contributed by atoms with Crippen LogP contribution >= 0.6 is 0 Å². The van der Waals surface area contributed by atoms with Gasteiger partial charge in [-0.25, -0.2) is 9.18 Å². The summed E-state index contributed by atoms with van der Waals surface area (Å²) in [6.07, 6.45) is 0.103. The van der Waals surface area contributed by atoms with Crippen LogP contribution in [0.2, 0.25) is 0 Å². The van der Waals surface area contributed by atoms with Crippen LogP contribution in [0.25, 0.3) is 0 Å². The molecule has 0 aromatic heterocycles. The predicted molar refractivity (Wildman–Crippen MR) is 102 cm³/mol. The van der Waals surface area contributed by atoms with Gasteiger partial charge in [-0.1, -0.05) is 12.1 Å². The Morgan fingerprint density at radius 1 is 1.08 bits per heavy atom. The topological polar surface area (TPSA) is 53.6 Å². The molecule has 2 aromatic rings. The third-order valence-corrected chi connectivity index (χ3v) is 3.82. The molecule has 6 heteroatoms. The van der Waals surface area contributed by atoms with Gasteiger partial charge in [-0.3, -0.25) is 0 Å². The molecule has 0 spiro atoms. The number of rotatable bonds is 7. The molecule has 0 saturated carbocycles. The van der Waals surface area contributed by atoms with E-state index in [2.05, 4.69) is 10.6 Å². The number of nitrogens with zero attached hydrogens (tertiary/aromatic N) is 1. The van der Waals surface area contributed by atoms with Gasteiger partial charge < -0.3 is 20.3 Å². The Hall–Kier alpha value is -2.60. The number of benzene rings is 2. The molecule has 0 aliphatic rings. The van der Waals surface area contributed by atoms with Crippen molar-refractivity contribution < 1.29 is 13.9 Å². The van der Waals surface area contributed by atoms with E-state index in [0.717, 1.165) is 11.3 Å². The molecule has 0 fully saturated rings. The van der Waals surface area contributed by atoms with Gasteiger partial charge in [0.05, 0.1) is 12.1 Å². The summed E-state index contributed by atoms with van der Waals surface area (Å²) < 4.78 is 18.7. The summed E-state index contributed by atoms with van der Waals surface area (Å²) >= 11 is 0. The maximum atomic E-state index is 13.1. The van der Waals surface area contributed by atoms with Crippen LogP contribution < -0.4 is 15.4 Å². The van der Waals surface area contributed by atoms with Crippen LogP contribution in [0.4, 0.5) is 14.9 Å². The summed E-state index contributed by atoms with van der Waals surface area (Å²) in [5.41, 5.74) is 1.62. The number of hydrogen-bond acceptors (Lipinski definition) is 3. The first-order chi connectivity index (χ1) is 12.3. The molecule has 0 radical (unpaired) electrons. The molecule has 1 unspecified atom stereocenters. The number of amides is 2. The van der Waals surface area contributed by atoms with Gasteiger partial charge in [-0.2, -0.15) is 0 Å². The minimum atomic E-state index is -0.295. The lowest BCUT2D eigenvalue weighted by atomic mass is 10.1. The fourth-order valence-electron chi connectivity index (χ4n) is 2.54. The minimum absolute atomic E-state index is 0.0526. The van der Waals surface area contributed by atoms with E-state index in [1.54, 1.807) is 24.3 Å². The van der Waals surface area contributed by atoms with Crippen molar-refractivity contribution in [3.63, 3.8) is 0 Å². The number of anilines is 1. The van der Waals surface area contributed by atoms with Gasteiger partial charge in [0, 0.05) is 12.2 Å². The predicted octanol–water partition coefficient (Wildman–Crippen LogP) is 4.04. The lowest BCUT2D eigenvalue weighted by Gasteiger charge is -2.25. The minimum Gasteiger partial charge on any atom is -0.491 e. The van der Waals surface area contributed by atoms with Crippen LogP contribution in [-0.4, -0.2) is 37.7 Å². The number of likely N-dealkylation sites (N-methyl/N-ethyl adjacent to an activating group) is 1. The van der Waals surface area contributed by atoms with E-state index in [9.17, 15) is 9.18 Å². The molecule has 2 N–H and O–H groups in total. The molecule has 2 aromatic carbocycles. The number of halogens is 1. The third-order valence-electron chi connectivity index (χ3n) is 3.82. The number of urea groups is 1. The Balaban J connectivity index is 1.90. The lowest BCUT2D eigenvalue weighted by molar-refractivity contribution is 0.241. The summed E-state index contributed by atoms with van der Waals surface area (Å²) in [7, 11) is 3.84. The van der Waals surface area contributed by atoms with Crippen molar-refractivity contribution >= 4 is 11.7 Å². The molecule has 0 heterocycles. The SMILES string of the molecule is CC(C)Oc1ccc(NC(=O)NCC(c2ccc(F)cc2)N(C)C)cc1. The Kier molecular flexibility index (Phi) is 6.97. The number of carbonyl (C=O) groups excluding carboxylic acids is 1. The second kappa shape index (κ2) is 9.20. The molecule has 26 heavy (non-hydrogen) atoms. The van der Waals surface area contributed by atoms with Crippen molar-refractivity contribution in [2.75, 3.05) is 26.0 Å². The molecule has 2 amide bonds.